The number of benzene rings is 1. The van der Waals surface area contributed by atoms with Crippen molar-refractivity contribution in [3.05, 3.63) is 34.5 Å². The van der Waals surface area contributed by atoms with Gasteiger partial charge in [0, 0.05) is 5.39 Å². The van der Waals surface area contributed by atoms with Crippen LogP contribution in [0, 0.1) is 13.8 Å². The van der Waals surface area contributed by atoms with Crippen molar-refractivity contribution in [1.29, 1.82) is 0 Å². The number of fused-ring (bicyclic) bond motifs is 1. The van der Waals surface area contributed by atoms with Crippen LogP contribution in [-0.4, -0.2) is 10.1 Å². The molecule has 3 heteroatoms. The summed E-state index contributed by atoms with van der Waals surface area (Å²) >= 11 is 5.77. The molecule has 0 unspecified atom stereocenters. The predicted molar refractivity (Wildman–Crippen MR) is 57.9 cm³/mol. The van der Waals surface area contributed by atoms with Crippen molar-refractivity contribution in [2.24, 2.45) is 0 Å². The standard InChI is InChI=1S/C11H10ClNO/c1-6-5-7(2)11(14)10-8(6)3-4-9(12)13-10/h3-5,14H,1-2H3. The zero-order valence-corrected chi connectivity index (χ0v) is 8.76. The highest BCUT2D eigenvalue weighted by Gasteiger charge is 2.07. The van der Waals surface area contributed by atoms with Crippen LogP contribution in [0.15, 0.2) is 18.2 Å². The Morgan fingerprint density at radius 3 is 2.64 bits per heavy atom. The van der Waals surface area contributed by atoms with Crippen LogP contribution in [0.5, 0.6) is 5.75 Å². The third-order valence-corrected chi connectivity index (χ3v) is 2.53. The minimum atomic E-state index is 0.216. The quantitative estimate of drug-likeness (QED) is 0.673. The van der Waals surface area contributed by atoms with Gasteiger partial charge in [-0.2, -0.15) is 0 Å². The van der Waals surface area contributed by atoms with Crippen LogP contribution in [0.4, 0.5) is 0 Å². The lowest BCUT2D eigenvalue weighted by Gasteiger charge is -2.06. The maximum atomic E-state index is 9.79. The fourth-order valence-electron chi connectivity index (χ4n) is 1.59. The van der Waals surface area contributed by atoms with E-state index in [0.717, 1.165) is 16.5 Å². The van der Waals surface area contributed by atoms with E-state index in [0.29, 0.717) is 10.7 Å². The number of aromatic hydroxyl groups is 1. The van der Waals surface area contributed by atoms with E-state index in [4.69, 9.17) is 11.6 Å². The van der Waals surface area contributed by atoms with Crippen LogP contribution in [0.25, 0.3) is 10.9 Å². The summed E-state index contributed by atoms with van der Waals surface area (Å²) in [7, 11) is 0. The number of aryl methyl sites for hydroxylation is 2. The van der Waals surface area contributed by atoms with Crippen LogP contribution in [0.2, 0.25) is 5.15 Å². The summed E-state index contributed by atoms with van der Waals surface area (Å²) in [4.78, 5) is 4.11. The van der Waals surface area contributed by atoms with Crippen molar-refractivity contribution in [3.63, 3.8) is 0 Å². The van der Waals surface area contributed by atoms with Gasteiger partial charge in [-0.3, -0.25) is 0 Å². The first-order valence-corrected chi connectivity index (χ1v) is 4.73. The third kappa shape index (κ3) is 1.32. The van der Waals surface area contributed by atoms with Crippen molar-refractivity contribution in [1.82, 2.24) is 4.98 Å². The fourth-order valence-corrected chi connectivity index (χ4v) is 1.74. The lowest BCUT2D eigenvalue weighted by atomic mass is 10.1. The molecule has 0 bridgehead atoms. The number of hydrogen-bond acceptors (Lipinski definition) is 2. The van der Waals surface area contributed by atoms with Crippen molar-refractivity contribution in [2.45, 2.75) is 13.8 Å². The average Bonchev–Trinajstić information content (AvgIpc) is 2.14. The van der Waals surface area contributed by atoms with Crippen molar-refractivity contribution in [2.75, 3.05) is 0 Å². The second kappa shape index (κ2) is 3.14. The van der Waals surface area contributed by atoms with E-state index in [-0.39, 0.29) is 5.75 Å². The van der Waals surface area contributed by atoms with Gasteiger partial charge in [-0.25, -0.2) is 4.98 Å². The molecule has 2 aromatic rings. The number of aromatic nitrogens is 1. The summed E-state index contributed by atoms with van der Waals surface area (Å²) in [5, 5.41) is 11.1. The summed E-state index contributed by atoms with van der Waals surface area (Å²) in [6.45, 7) is 3.84. The Morgan fingerprint density at radius 1 is 1.21 bits per heavy atom. The van der Waals surface area contributed by atoms with Gasteiger partial charge in [0.15, 0.2) is 0 Å². The lowest BCUT2D eigenvalue weighted by molar-refractivity contribution is 0.476. The smallest absolute Gasteiger partial charge is 0.144 e. The van der Waals surface area contributed by atoms with Gasteiger partial charge >= 0.3 is 0 Å². The third-order valence-electron chi connectivity index (χ3n) is 2.32. The van der Waals surface area contributed by atoms with Gasteiger partial charge in [-0.05, 0) is 37.1 Å². The Morgan fingerprint density at radius 2 is 1.93 bits per heavy atom. The molecule has 1 aromatic carbocycles. The molecule has 0 saturated heterocycles. The first kappa shape index (κ1) is 9.28. The maximum absolute atomic E-state index is 9.79. The summed E-state index contributed by atoms with van der Waals surface area (Å²) in [5.74, 6) is 0.216. The van der Waals surface area contributed by atoms with Crippen molar-refractivity contribution >= 4 is 22.5 Å². The molecule has 0 atom stereocenters. The van der Waals surface area contributed by atoms with E-state index in [2.05, 4.69) is 4.98 Å². The first-order chi connectivity index (χ1) is 6.59. The van der Waals surface area contributed by atoms with Gasteiger partial charge in [-0.15, -0.1) is 0 Å². The van der Waals surface area contributed by atoms with Crippen molar-refractivity contribution < 1.29 is 5.11 Å². The van der Waals surface area contributed by atoms with Gasteiger partial charge in [0.1, 0.15) is 16.4 Å². The molecule has 72 valence electrons. The molecule has 0 saturated carbocycles. The zero-order chi connectivity index (χ0) is 10.3. The normalized spacial score (nSPS) is 10.8. The van der Waals surface area contributed by atoms with Gasteiger partial charge in [-0.1, -0.05) is 17.7 Å². The number of phenols is 1. The second-order valence-electron chi connectivity index (χ2n) is 3.39. The molecule has 0 aliphatic carbocycles. The molecule has 0 amide bonds. The molecule has 1 aromatic heterocycles. The Bertz CT molecular complexity index is 508. The number of hydrogen-bond donors (Lipinski definition) is 1. The highest BCUT2D eigenvalue weighted by Crippen LogP contribution is 2.30. The number of halogens is 1. The van der Waals surface area contributed by atoms with Crippen LogP contribution in [0.1, 0.15) is 11.1 Å². The molecule has 1 N–H and O–H groups in total. The van der Waals surface area contributed by atoms with Crippen LogP contribution in [-0.2, 0) is 0 Å². The zero-order valence-electron chi connectivity index (χ0n) is 8.00. The molecular weight excluding hydrogens is 198 g/mol. The molecule has 2 nitrogen and oxygen atoms in total. The largest absolute Gasteiger partial charge is 0.505 e. The second-order valence-corrected chi connectivity index (χ2v) is 3.78. The van der Waals surface area contributed by atoms with Gasteiger partial charge in [0.25, 0.3) is 0 Å². The van der Waals surface area contributed by atoms with Gasteiger partial charge in [0.05, 0.1) is 0 Å². The van der Waals surface area contributed by atoms with E-state index in [9.17, 15) is 5.11 Å². The number of nitrogens with zero attached hydrogens (tertiary/aromatic N) is 1. The van der Waals surface area contributed by atoms with E-state index in [1.165, 1.54) is 0 Å². The first-order valence-electron chi connectivity index (χ1n) is 4.35. The maximum Gasteiger partial charge on any atom is 0.144 e. The Kier molecular flexibility index (Phi) is 2.08. The summed E-state index contributed by atoms with van der Waals surface area (Å²) in [6.07, 6.45) is 0. The number of rotatable bonds is 0. The Labute approximate surface area is 87.2 Å². The van der Waals surface area contributed by atoms with Crippen LogP contribution >= 0.6 is 11.6 Å². The molecule has 0 spiro atoms. The fraction of sp³-hybridized carbons (Fsp3) is 0.182. The summed E-state index contributed by atoms with van der Waals surface area (Å²) in [6, 6.07) is 5.54. The molecule has 0 radical (unpaired) electrons. The predicted octanol–water partition coefficient (Wildman–Crippen LogP) is 3.21. The molecule has 1 heterocycles. The molecule has 2 rings (SSSR count). The molecular formula is C11H10ClNO. The van der Waals surface area contributed by atoms with E-state index in [1.54, 1.807) is 6.07 Å². The Hall–Kier alpha value is -1.28. The van der Waals surface area contributed by atoms with E-state index in [1.807, 2.05) is 26.0 Å². The lowest BCUT2D eigenvalue weighted by Crippen LogP contribution is -1.87. The van der Waals surface area contributed by atoms with Crippen molar-refractivity contribution in [3.8, 4) is 5.75 Å². The molecule has 14 heavy (non-hydrogen) atoms. The summed E-state index contributed by atoms with van der Waals surface area (Å²) < 4.78 is 0. The van der Waals surface area contributed by atoms with Crippen LogP contribution in [0.3, 0.4) is 0 Å². The topological polar surface area (TPSA) is 33.1 Å². The van der Waals surface area contributed by atoms with E-state index >= 15 is 0 Å². The molecule has 0 aliphatic rings. The molecule has 0 aliphatic heterocycles. The highest BCUT2D eigenvalue weighted by atomic mass is 35.5. The average molecular weight is 208 g/mol. The van der Waals surface area contributed by atoms with Gasteiger partial charge < -0.3 is 5.11 Å². The number of pyridine rings is 1. The SMILES string of the molecule is Cc1cc(C)c2ccc(Cl)nc2c1O. The molecule has 0 fully saturated rings. The number of phenolic OH excluding ortho intramolecular Hbond substituents is 1. The summed E-state index contributed by atoms with van der Waals surface area (Å²) in [5.41, 5.74) is 2.50. The van der Waals surface area contributed by atoms with Crippen LogP contribution < -0.4 is 0 Å². The minimum Gasteiger partial charge on any atom is -0.505 e. The minimum absolute atomic E-state index is 0.216. The monoisotopic (exact) mass is 207 g/mol. The van der Waals surface area contributed by atoms with E-state index < -0.39 is 0 Å². The highest BCUT2D eigenvalue weighted by molar-refractivity contribution is 6.29. The van der Waals surface area contributed by atoms with Gasteiger partial charge in [0.2, 0.25) is 0 Å². The Balaban J connectivity index is 2.95.